The van der Waals surface area contributed by atoms with Gasteiger partial charge in [0.15, 0.2) is 0 Å². The lowest BCUT2D eigenvalue weighted by Crippen LogP contribution is -2.50. The number of nitrogens with zero attached hydrogens (tertiary/aromatic N) is 2. The van der Waals surface area contributed by atoms with Crippen LogP contribution in [-0.4, -0.2) is 64.2 Å². The smallest absolute Gasteiger partial charge is 0.252 e. The molecule has 1 amide bonds. The van der Waals surface area contributed by atoms with E-state index in [0.29, 0.717) is 31.7 Å². The van der Waals surface area contributed by atoms with Gasteiger partial charge >= 0.3 is 0 Å². The molecule has 0 saturated carbocycles. The molecule has 1 aliphatic heterocycles. The number of anilines is 1. The molecular formula is C20H24IN3O4S. The van der Waals surface area contributed by atoms with Crippen LogP contribution < -0.4 is 15.0 Å². The van der Waals surface area contributed by atoms with Crippen molar-refractivity contribution < 1.29 is 17.9 Å². The lowest BCUT2D eigenvalue weighted by atomic mass is 10.2. The van der Waals surface area contributed by atoms with Gasteiger partial charge in [0.05, 0.1) is 18.4 Å². The van der Waals surface area contributed by atoms with Crippen LogP contribution in [0.4, 0.5) is 5.69 Å². The molecule has 1 fully saturated rings. The van der Waals surface area contributed by atoms with Crippen LogP contribution in [0.5, 0.6) is 5.75 Å². The Morgan fingerprint density at radius 3 is 2.34 bits per heavy atom. The first kappa shape index (κ1) is 21.8. The Bertz CT molecular complexity index is 942. The van der Waals surface area contributed by atoms with E-state index in [4.69, 9.17) is 4.74 Å². The molecule has 0 aromatic heterocycles. The molecule has 2 aromatic carbocycles. The number of nitrogens with one attached hydrogen (secondary N) is 1. The first-order valence-corrected chi connectivity index (χ1v) is 12.0. The number of sulfonamides is 1. The van der Waals surface area contributed by atoms with Gasteiger partial charge in [0.25, 0.3) is 5.91 Å². The van der Waals surface area contributed by atoms with Gasteiger partial charge in [-0.25, -0.2) is 8.42 Å². The van der Waals surface area contributed by atoms with Crippen molar-refractivity contribution >= 4 is 44.2 Å². The molecule has 0 aliphatic carbocycles. The maximum absolute atomic E-state index is 12.6. The molecule has 1 aliphatic rings. The van der Waals surface area contributed by atoms with E-state index in [-0.39, 0.29) is 18.2 Å². The topological polar surface area (TPSA) is 79.0 Å². The van der Waals surface area contributed by atoms with Gasteiger partial charge in [-0.05, 0) is 59.0 Å². The monoisotopic (exact) mass is 529 g/mol. The molecule has 1 saturated heterocycles. The molecule has 2 aromatic rings. The molecule has 0 atom stereocenters. The summed E-state index contributed by atoms with van der Waals surface area (Å²) in [5.41, 5.74) is 1.60. The number of methoxy groups -OCH3 is 1. The highest BCUT2D eigenvalue weighted by Gasteiger charge is 2.27. The Labute approximate surface area is 185 Å². The van der Waals surface area contributed by atoms with Crippen molar-refractivity contribution in [2.45, 2.75) is 0 Å². The van der Waals surface area contributed by atoms with E-state index < -0.39 is 10.0 Å². The number of carbonyl (C=O) groups excluding carboxylic acids is 1. The van der Waals surface area contributed by atoms with Gasteiger partial charge in [0.1, 0.15) is 5.75 Å². The van der Waals surface area contributed by atoms with E-state index in [1.54, 1.807) is 19.2 Å². The average molecular weight is 529 g/mol. The van der Waals surface area contributed by atoms with Crippen LogP contribution in [0.1, 0.15) is 10.4 Å². The maximum atomic E-state index is 12.6. The molecule has 29 heavy (non-hydrogen) atoms. The van der Waals surface area contributed by atoms with E-state index in [1.165, 1.54) is 4.31 Å². The summed E-state index contributed by atoms with van der Waals surface area (Å²) in [5.74, 6) is 0.432. The number of rotatable bonds is 7. The zero-order valence-corrected chi connectivity index (χ0v) is 19.1. The molecular weight excluding hydrogens is 505 g/mol. The number of benzene rings is 2. The minimum Gasteiger partial charge on any atom is -0.497 e. The summed E-state index contributed by atoms with van der Waals surface area (Å²) < 4.78 is 32.8. The minimum atomic E-state index is -3.42. The van der Waals surface area contributed by atoms with E-state index in [2.05, 4.69) is 32.8 Å². The predicted octanol–water partition coefficient (Wildman–Crippen LogP) is 2.18. The highest BCUT2D eigenvalue weighted by Crippen LogP contribution is 2.21. The molecule has 0 radical (unpaired) electrons. The van der Waals surface area contributed by atoms with Crippen molar-refractivity contribution in [1.29, 1.82) is 0 Å². The van der Waals surface area contributed by atoms with Crippen molar-refractivity contribution in [3.8, 4) is 5.75 Å². The second-order valence-corrected chi connectivity index (χ2v) is 9.89. The molecule has 0 spiro atoms. The van der Waals surface area contributed by atoms with Gasteiger partial charge in [-0.2, -0.15) is 4.31 Å². The fourth-order valence-corrected chi connectivity index (χ4v) is 5.15. The van der Waals surface area contributed by atoms with Crippen LogP contribution in [0.25, 0.3) is 0 Å². The quantitative estimate of drug-likeness (QED) is 0.557. The summed E-state index contributed by atoms with van der Waals surface area (Å²) in [5, 5.41) is 2.71. The number of halogens is 1. The Morgan fingerprint density at radius 2 is 1.72 bits per heavy atom. The van der Waals surface area contributed by atoms with E-state index in [1.807, 2.05) is 36.4 Å². The van der Waals surface area contributed by atoms with Crippen LogP contribution in [-0.2, 0) is 10.0 Å². The lowest BCUT2D eigenvalue weighted by Gasteiger charge is -2.35. The first-order chi connectivity index (χ1) is 13.9. The van der Waals surface area contributed by atoms with Gasteiger partial charge in [0.2, 0.25) is 10.0 Å². The number of hydrogen-bond donors (Lipinski definition) is 1. The normalized spacial score (nSPS) is 15.2. The predicted molar refractivity (Wildman–Crippen MR) is 122 cm³/mol. The van der Waals surface area contributed by atoms with Gasteiger partial charge in [0, 0.05) is 42.0 Å². The van der Waals surface area contributed by atoms with Crippen LogP contribution in [0.15, 0.2) is 48.5 Å². The van der Waals surface area contributed by atoms with Crippen LogP contribution in [0.2, 0.25) is 0 Å². The van der Waals surface area contributed by atoms with Crippen molar-refractivity contribution in [2.75, 3.05) is 50.5 Å². The van der Waals surface area contributed by atoms with E-state index in [9.17, 15) is 13.2 Å². The third kappa shape index (κ3) is 5.61. The van der Waals surface area contributed by atoms with Gasteiger partial charge in [-0.15, -0.1) is 0 Å². The SMILES string of the molecule is COc1ccc(N2CCN(S(=O)(=O)CCNC(=O)c3ccccc3I)CC2)cc1. The zero-order chi connectivity index (χ0) is 20.9. The Balaban J connectivity index is 1.49. The number of amides is 1. The number of hydrogen-bond acceptors (Lipinski definition) is 5. The van der Waals surface area contributed by atoms with Crippen LogP contribution in [0.3, 0.4) is 0 Å². The maximum Gasteiger partial charge on any atom is 0.252 e. The standard InChI is InChI=1S/C20H24IN3O4S/c1-28-17-8-6-16(7-9-17)23-11-13-24(14-12-23)29(26,27)15-10-22-20(25)18-4-2-3-5-19(18)21/h2-9H,10-15H2,1H3,(H,22,25). The van der Waals surface area contributed by atoms with Gasteiger partial charge < -0.3 is 15.0 Å². The van der Waals surface area contributed by atoms with Gasteiger partial charge in [-0.3, -0.25) is 4.79 Å². The largest absolute Gasteiger partial charge is 0.497 e. The fourth-order valence-electron chi connectivity index (χ4n) is 3.18. The number of ether oxygens (including phenoxy) is 1. The third-order valence-electron chi connectivity index (χ3n) is 4.83. The Morgan fingerprint density at radius 1 is 1.07 bits per heavy atom. The summed E-state index contributed by atoms with van der Waals surface area (Å²) in [6, 6.07) is 15.0. The summed E-state index contributed by atoms with van der Waals surface area (Å²) in [6.07, 6.45) is 0. The molecule has 156 valence electrons. The van der Waals surface area contributed by atoms with Gasteiger partial charge in [-0.1, -0.05) is 12.1 Å². The molecule has 7 nitrogen and oxygen atoms in total. The number of carbonyl (C=O) groups is 1. The second kappa shape index (κ2) is 9.77. The van der Waals surface area contributed by atoms with Crippen molar-refractivity contribution in [3.05, 3.63) is 57.7 Å². The highest BCUT2D eigenvalue weighted by molar-refractivity contribution is 14.1. The summed E-state index contributed by atoms with van der Waals surface area (Å²) in [7, 11) is -1.79. The fraction of sp³-hybridized carbons (Fsp3) is 0.350. The lowest BCUT2D eigenvalue weighted by molar-refractivity contribution is 0.0955. The molecule has 1 heterocycles. The number of piperazine rings is 1. The zero-order valence-electron chi connectivity index (χ0n) is 16.2. The van der Waals surface area contributed by atoms with Crippen LogP contribution >= 0.6 is 22.6 Å². The van der Waals surface area contributed by atoms with Crippen molar-refractivity contribution in [3.63, 3.8) is 0 Å². The molecule has 0 bridgehead atoms. The Kier molecular flexibility index (Phi) is 7.36. The van der Waals surface area contributed by atoms with E-state index in [0.717, 1.165) is 15.0 Å². The van der Waals surface area contributed by atoms with Crippen molar-refractivity contribution in [1.82, 2.24) is 9.62 Å². The molecule has 3 rings (SSSR count). The summed E-state index contributed by atoms with van der Waals surface area (Å²) >= 11 is 2.09. The molecule has 0 unspecified atom stereocenters. The Hall–Kier alpha value is -1.85. The third-order valence-corrected chi connectivity index (χ3v) is 7.65. The average Bonchev–Trinajstić information content (AvgIpc) is 2.74. The first-order valence-electron chi connectivity index (χ1n) is 9.30. The summed E-state index contributed by atoms with van der Waals surface area (Å²) in [4.78, 5) is 14.4. The minimum absolute atomic E-state index is 0.0881. The highest BCUT2D eigenvalue weighted by atomic mass is 127. The molecule has 9 heteroatoms. The van der Waals surface area contributed by atoms with Crippen LogP contribution in [0, 0.1) is 3.57 Å². The second-order valence-electron chi connectivity index (χ2n) is 6.64. The summed E-state index contributed by atoms with van der Waals surface area (Å²) in [6.45, 7) is 2.20. The van der Waals surface area contributed by atoms with E-state index >= 15 is 0 Å². The molecule has 1 N–H and O–H groups in total. The van der Waals surface area contributed by atoms with Crippen molar-refractivity contribution in [2.24, 2.45) is 0 Å².